The van der Waals surface area contributed by atoms with E-state index in [1.807, 2.05) is 6.92 Å². The number of hydrogen-bond acceptors (Lipinski definition) is 4. The quantitative estimate of drug-likeness (QED) is 0.836. The molecule has 1 aromatic heterocycles. The standard InChI is InChI=1S/C14H20N4O2S/c1-9-7-13(15)11(3)14(10(9)2)21(19,20)16-8-12-5-6-18(4)17-12/h5-7,16H,8,15H2,1-4H3. The summed E-state index contributed by atoms with van der Waals surface area (Å²) in [6.45, 7) is 5.51. The summed E-state index contributed by atoms with van der Waals surface area (Å²) in [7, 11) is -1.85. The van der Waals surface area contributed by atoms with E-state index in [0.717, 1.165) is 11.1 Å². The van der Waals surface area contributed by atoms with Gasteiger partial charge in [0.2, 0.25) is 10.0 Å². The topological polar surface area (TPSA) is 90.0 Å². The van der Waals surface area contributed by atoms with Crippen molar-refractivity contribution >= 4 is 15.7 Å². The van der Waals surface area contributed by atoms with Crippen LogP contribution in [0.5, 0.6) is 0 Å². The maximum absolute atomic E-state index is 12.6. The Kier molecular flexibility index (Phi) is 4.06. The molecular formula is C14H20N4O2S. The molecule has 0 aliphatic carbocycles. The fourth-order valence-electron chi connectivity index (χ4n) is 2.24. The van der Waals surface area contributed by atoms with Gasteiger partial charge in [0.1, 0.15) is 0 Å². The second-order valence-corrected chi connectivity index (χ2v) is 6.87. The fraction of sp³-hybridized carbons (Fsp3) is 0.357. The number of nitrogens with two attached hydrogens (primary N) is 1. The van der Waals surface area contributed by atoms with Crippen LogP contribution in [0.4, 0.5) is 5.69 Å². The molecule has 0 amide bonds. The number of sulfonamides is 1. The van der Waals surface area contributed by atoms with E-state index in [2.05, 4.69) is 9.82 Å². The number of nitrogens with one attached hydrogen (secondary N) is 1. The summed E-state index contributed by atoms with van der Waals surface area (Å²) in [5.74, 6) is 0. The molecule has 0 radical (unpaired) electrons. The van der Waals surface area contributed by atoms with Crippen LogP contribution in [-0.2, 0) is 23.6 Å². The van der Waals surface area contributed by atoms with E-state index in [-0.39, 0.29) is 11.4 Å². The third-order valence-electron chi connectivity index (χ3n) is 3.56. The average Bonchev–Trinajstić information content (AvgIpc) is 2.80. The SMILES string of the molecule is Cc1cc(N)c(C)c(S(=O)(=O)NCc2ccn(C)n2)c1C. The summed E-state index contributed by atoms with van der Waals surface area (Å²) in [5.41, 5.74) is 9.19. The molecule has 1 heterocycles. The average molecular weight is 308 g/mol. The van der Waals surface area contributed by atoms with Crippen molar-refractivity contribution in [2.24, 2.45) is 7.05 Å². The minimum Gasteiger partial charge on any atom is -0.398 e. The van der Waals surface area contributed by atoms with Gasteiger partial charge < -0.3 is 5.73 Å². The second kappa shape index (κ2) is 5.50. The zero-order valence-corrected chi connectivity index (χ0v) is 13.5. The van der Waals surface area contributed by atoms with Crippen LogP contribution < -0.4 is 10.5 Å². The Morgan fingerprint density at radius 2 is 1.95 bits per heavy atom. The highest BCUT2D eigenvalue weighted by molar-refractivity contribution is 7.89. The third-order valence-corrected chi connectivity index (χ3v) is 5.23. The lowest BCUT2D eigenvalue weighted by Crippen LogP contribution is -2.25. The Labute approximate surface area is 125 Å². The van der Waals surface area contributed by atoms with Crippen molar-refractivity contribution in [2.75, 3.05) is 5.73 Å². The van der Waals surface area contributed by atoms with E-state index in [1.54, 1.807) is 43.9 Å². The summed E-state index contributed by atoms with van der Waals surface area (Å²) in [4.78, 5) is 0.260. The molecule has 21 heavy (non-hydrogen) atoms. The Bertz CT molecular complexity index is 752. The lowest BCUT2D eigenvalue weighted by molar-refractivity contribution is 0.578. The van der Waals surface area contributed by atoms with E-state index in [0.29, 0.717) is 16.9 Å². The number of nitrogen functional groups attached to an aromatic ring is 1. The number of anilines is 1. The molecule has 0 saturated heterocycles. The first-order chi connectivity index (χ1) is 9.72. The van der Waals surface area contributed by atoms with E-state index in [9.17, 15) is 8.42 Å². The van der Waals surface area contributed by atoms with Gasteiger partial charge in [-0.05, 0) is 49.6 Å². The van der Waals surface area contributed by atoms with Gasteiger partial charge in [-0.15, -0.1) is 0 Å². The maximum Gasteiger partial charge on any atom is 0.241 e. The summed E-state index contributed by atoms with van der Waals surface area (Å²) in [5, 5.41) is 4.15. The molecule has 2 rings (SSSR count). The maximum atomic E-state index is 12.6. The lowest BCUT2D eigenvalue weighted by atomic mass is 10.1. The molecule has 0 aliphatic rings. The molecule has 0 aliphatic heterocycles. The summed E-state index contributed by atoms with van der Waals surface area (Å²) >= 11 is 0. The molecule has 0 fully saturated rings. The summed E-state index contributed by atoms with van der Waals surface area (Å²) in [6, 6.07) is 3.56. The van der Waals surface area contributed by atoms with Crippen LogP contribution in [0.25, 0.3) is 0 Å². The van der Waals surface area contributed by atoms with Crippen LogP contribution >= 0.6 is 0 Å². The number of hydrogen-bond donors (Lipinski definition) is 2. The van der Waals surface area contributed by atoms with Gasteiger partial charge in [-0.25, -0.2) is 13.1 Å². The summed E-state index contributed by atoms with van der Waals surface area (Å²) in [6.07, 6.45) is 1.77. The Hall–Kier alpha value is -1.86. The number of rotatable bonds is 4. The first kappa shape index (κ1) is 15.5. The second-order valence-electron chi connectivity index (χ2n) is 5.17. The van der Waals surface area contributed by atoms with Gasteiger partial charge in [0.25, 0.3) is 0 Å². The molecular weight excluding hydrogens is 288 g/mol. The van der Waals surface area contributed by atoms with Crippen molar-refractivity contribution in [3.8, 4) is 0 Å². The number of aromatic nitrogens is 2. The van der Waals surface area contributed by atoms with Gasteiger partial charge in [0.15, 0.2) is 0 Å². The van der Waals surface area contributed by atoms with Crippen molar-refractivity contribution in [3.05, 3.63) is 40.7 Å². The predicted molar refractivity (Wildman–Crippen MR) is 82.3 cm³/mol. The normalized spacial score (nSPS) is 11.8. The third kappa shape index (κ3) is 3.08. The first-order valence-electron chi connectivity index (χ1n) is 6.57. The van der Waals surface area contributed by atoms with Gasteiger partial charge in [0, 0.05) is 18.9 Å². The van der Waals surface area contributed by atoms with Crippen LogP contribution in [0.1, 0.15) is 22.4 Å². The molecule has 0 bridgehead atoms. The molecule has 0 saturated carbocycles. The number of nitrogens with zero attached hydrogens (tertiary/aromatic N) is 2. The fourth-order valence-corrected chi connectivity index (χ4v) is 3.81. The van der Waals surface area contributed by atoms with E-state index in [1.165, 1.54) is 0 Å². The highest BCUT2D eigenvalue weighted by Gasteiger charge is 2.22. The zero-order valence-electron chi connectivity index (χ0n) is 12.6. The van der Waals surface area contributed by atoms with Gasteiger partial charge in [-0.1, -0.05) is 0 Å². The highest BCUT2D eigenvalue weighted by atomic mass is 32.2. The van der Waals surface area contributed by atoms with Crippen LogP contribution in [0, 0.1) is 20.8 Å². The van der Waals surface area contributed by atoms with Crippen LogP contribution in [-0.4, -0.2) is 18.2 Å². The van der Waals surface area contributed by atoms with Crippen molar-refractivity contribution in [1.29, 1.82) is 0 Å². The number of benzene rings is 1. The molecule has 0 spiro atoms. The first-order valence-corrected chi connectivity index (χ1v) is 8.05. The predicted octanol–water partition coefficient (Wildman–Crippen LogP) is 1.41. The highest BCUT2D eigenvalue weighted by Crippen LogP contribution is 2.27. The largest absolute Gasteiger partial charge is 0.398 e. The smallest absolute Gasteiger partial charge is 0.241 e. The minimum atomic E-state index is -3.63. The Morgan fingerprint density at radius 3 is 2.52 bits per heavy atom. The molecule has 1 aromatic carbocycles. The molecule has 0 unspecified atom stereocenters. The Morgan fingerprint density at radius 1 is 1.29 bits per heavy atom. The minimum absolute atomic E-state index is 0.149. The van der Waals surface area contributed by atoms with Gasteiger partial charge in [-0.3, -0.25) is 4.68 Å². The van der Waals surface area contributed by atoms with Crippen molar-refractivity contribution in [2.45, 2.75) is 32.2 Å². The monoisotopic (exact) mass is 308 g/mol. The van der Waals surface area contributed by atoms with Gasteiger partial charge in [-0.2, -0.15) is 5.10 Å². The van der Waals surface area contributed by atoms with E-state index in [4.69, 9.17) is 5.73 Å². The summed E-state index contributed by atoms with van der Waals surface area (Å²) < 4.78 is 29.3. The lowest BCUT2D eigenvalue weighted by Gasteiger charge is -2.15. The van der Waals surface area contributed by atoms with Gasteiger partial charge in [0.05, 0.1) is 17.1 Å². The van der Waals surface area contributed by atoms with Gasteiger partial charge >= 0.3 is 0 Å². The van der Waals surface area contributed by atoms with Crippen LogP contribution in [0.3, 0.4) is 0 Å². The Balaban J connectivity index is 2.36. The van der Waals surface area contributed by atoms with Crippen molar-refractivity contribution < 1.29 is 8.42 Å². The van der Waals surface area contributed by atoms with E-state index >= 15 is 0 Å². The molecule has 2 aromatic rings. The molecule has 114 valence electrons. The molecule has 3 N–H and O–H groups in total. The molecule has 0 atom stereocenters. The van der Waals surface area contributed by atoms with Crippen molar-refractivity contribution in [1.82, 2.24) is 14.5 Å². The van der Waals surface area contributed by atoms with Crippen LogP contribution in [0.15, 0.2) is 23.2 Å². The molecule has 7 heteroatoms. The van der Waals surface area contributed by atoms with Crippen molar-refractivity contribution in [3.63, 3.8) is 0 Å². The zero-order chi connectivity index (χ0) is 15.8. The molecule has 6 nitrogen and oxygen atoms in total. The van der Waals surface area contributed by atoms with E-state index < -0.39 is 10.0 Å². The van der Waals surface area contributed by atoms with Crippen LogP contribution in [0.2, 0.25) is 0 Å². The number of aryl methyl sites for hydroxylation is 2.